The minimum absolute atomic E-state index is 0.282. The first-order valence-electron chi connectivity index (χ1n) is 5.88. The molecule has 4 heteroatoms. The molecule has 0 unspecified atom stereocenters. The van der Waals surface area contributed by atoms with Gasteiger partial charge in [-0.2, -0.15) is 0 Å². The van der Waals surface area contributed by atoms with E-state index in [-0.39, 0.29) is 5.82 Å². The van der Waals surface area contributed by atoms with E-state index in [9.17, 15) is 4.39 Å². The number of ether oxygens (including phenoxy) is 1. The second-order valence-corrected chi connectivity index (χ2v) is 5.21. The van der Waals surface area contributed by atoms with Gasteiger partial charge in [-0.15, -0.1) is 0 Å². The van der Waals surface area contributed by atoms with Crippen molar-refractivity contribution in [3.63, 3.8) is 0 Å². The number of halogens is 2. The van der Waals surface area contributed by atoms with Crippen molar-refractivity contribution in [3.05, 3.63) is 28.5 Å². The molecule has 17 heavy (non-hydrogen) atoms. The van der Waals surface area contributed by atoms with E-state index >= 15 is 0 Å². The van der Waals surface area contributed by atoms with Gasteiger partial charge in [0.25, 0.3) is 0 Å². The molecule has 0 saturated heterocycles. The Morgan fingerprint density at radius 3 is 2.82 bits per heavy atom. The average molecular weight is 304 g/mol. The Bertz CT molecular complexity index is 344. The van der Waals surface area contributed by atoms with Crippen LogP contribution in [-0.2, 0) is 0 Å². The van der Waals surface area contributed by atoms with Crippen molar-refractivity contribution in [2.45, 2.75) is 20.3 Å². The van der Waals surface area contributed by atoms with Crippen LogP contribution in [0.25, 0.3) is 0 Å². The Labute approximate surface area is 111 Å². The molecule has 0 spiro atoms. The first kappa shape index (κ1) is 14.5. The van der Waals surface area contributed by atoms with Crippen molar-refractivity contribution < 1.29 is 9.13 Å². The van der Waals surface area contributed by atoms with Gasteiger partial charge in [0.1, 0.15) is 18.2 Å². The summed E-state index contributed by atoms with van der Waals surface area (Å²) in [5.41, 5.74) is 0. The van der Waals surface area contributed by atoms with Gasteiger partial charge < -0.3 is 10.1 Å². The molecule has 0 amide bonds. The topological polar surface area (TPSA) is 21.3 Å². The molecule has 0 aliphatic heterocycles. The number of hydrogen-bond donors (Lipinski definition) is 1. The van der Waals surface area contributed by atoms with Crippen molar-refractivity contribution >= 4 is 15.9 Å². The molecule has 0 aliphatic rings. The molecule has 1 N–H and O–H groups in total. The number of hydrogen-bond acceptors (Lipinski definition) is 2. The van der Waals surface area contributed by atoms with Gasteiger partial charge >= 0.3 is 0 Å². The molecule has 0 atom stereocenters. The predicted octanol–water partition coefficient (Wildman–Crippen LogP) is 3.60. The van der Waals surface area contributed by atoms with Gasteiger partial charge in [-0.1, -0.05) is 13.8 Å². The molecule has 1 rings (SSSR count). The maximum atomic E-state index is 12.9. The molecule has 1 aromatic rings. The molecule has 0 aliphatic carbocycles. The zero-order valence-corrected chi connectivity index (χ0v) is 11.9. The predicted molar refractivity (Wildman–Crippen MR) is 71.9 cm³/mol. The molecule has 0 fully saturated rings. The summed E-state index contributed by atoms with van der Waals surface area (Å²) < 4.78 is 19.2. The summed E-state index contributed by atoms with van der Waals surface area (Å²) in [5.74, 6) is 0.979. The molecule has 0 aromatic heterocycles. The van der Waals surface area contributed by atoms with Gasteiger partial charge in [0.15, 0.2) is 0 Å². The summed E-state index contributed by atoms with van der Waals surface area (Å²) in [6.07, 6.45) is 1.16. The molecule has 0 radical (unpaired) electrons. The summed E-state index contributed by atoms with van der Waals surface area (Å²) in [6, 6.07) is 4.44. The Balaban J connectivity index is 2.20. The van der Waals surface area contributed by atoms with Crippen LogP contribution in [0.1, 0.15) is 20.3 Å². The van der Waals surface area contributed by atoms with E-state index in [1.807, 2.05) is 0 Å². The maximum Gasteiger partial charge on any atom is 0.136 e. The molecule has 0 saturated carbocycles. The Kier molecular flexibility index (Phi) is 6.52. The SMILES string of the molecule is CC(C)CCNCCOc1cc(F)ccc1Br. The summed E-state index contributed by atoms with van der Waals surface area (Å²) in [4.78, 5) is 0. The quantitative estimate of drug-likeness (QED) is 0.777. The Morgan fingerprint density at radius 1 is 1.35 bits per heavy atom. The second kappa shape index (κ2) is 7.67. The van der Waals surface area contributed by atoms with Crippen LogP contribution in [-0.4, -0.2) is 19.7 Å². The third kappa shape index (κ3) is 6.03. The molecule has 96 valence electrons. The summed E-state index contributed by atoms with van der Waals surface area (Å²) >= 11 is 3.32. The smallest absolute Gasteiger partial charge is 0.136 e. The highest BCUT2D eigenvalue weighted by Gasteiger charge is 2.02. The second-order valence-electron chi connectivity index (χ2n) is 4.36. The minimum Gasteiger partial charge on any atom is -0.491 e. The van der Waals surface area contributed by atoms with E-state index in [2.05, 4.69) is 35.1 Å². The van der Waals surface area contributed by atoms with Gasteiger partial charge in [0, 0.05) is 12.6 Å². The highest BCUT2D eigenvalue weighted by molar-refractivity contribution is 9.10. The molecule has 0 heterocycles. The Morgan fingerprint density at radius 2 is 2.12 bits per heavy atom. The standard InChI is InChI=1S/C13H19BrFNO/c1-10(2)5-6-16-7-8-17-13-9-11(15)3-4-12(13)14/h3-4,9-10,16H,5-8H2,1-2H3. The van der Waals surface area contributed by atoms with E-state index in [1.165, 1.54) is 12.1 Å². The van der Waals surface area contributed by atoms with Crippen molar-refractivity contribution in [1.82, 2.24) is 5.32 Å². The van der Waals surface area contributed by atoms with Crippen LogP contribution in [0.5, 0.6) is 5.75 Å². The van der Waals surface area contributed by atoms with Crippen molar-refractivity contribution in [3.8, 4) is 5.75 Å². The first-order chi connectivity index (χ1) is 8.09. The van der Waals surface area contributed by atoms with E-state index in [0.29, 0.717) is 18.3 Å². The fourth-order valence-corrected chi connectivity index (χ4v) is 1.70. The minimum atomic E-state index is -0.282. The van der Waals surface area contributed by atoms with Crippen LogP contribution in [0.4, 0.5) is 4.39 Å². The van der Waals surface area contributed by atoms with Crippen LogP contribution in [0.2, 0.25) is 0 Å². The fraction of sp³-hybridized carbons (Fsp3) is 0.538. The lowest BCUT2D eigenvalue weighted by Crippen LogP contribution is -2.23. The number of benzene rings is 1. The normalized spacial score (nSPS) is 10.9. The largest absolute Gasteiger partial charge is 0.491 e. The van der Waals surface area contributed by atoms with Crippen molar-refractivity contribution in [2.24, 2.45) is 5.92 Å². The zero-order chi connectivity index (χ0) is 12.7. The summed E-state index contributed by atoms with van der Waals surface area (Å²) in [5, 5.41) is 3.29. The van der Waals surface area contributed by atoms with E-state index in [0.717, 1.165) is 24.0 Å². The number of rotatable bonds is 7. The highest BCUT2D eigenvalue weighted by Crippen LogP contribution is 2.25. The monoisotopic (exact) mass is 303 g/mol. The molecular weight excluding hydrogens is 285 g/mol. The van der Waals surface area contributed by atoms with Gasteiger partial charge in [-0.05, 0) is 46.9 Å². The van der Waals surface area contributed by atoms with Crippen molar-refractivity contribution in [2.75, 3.05) is 19.7 Å². The summed E-state index contributed by atoms with van der Waals surface area (Å²) in [7, 11) is 0. The zero-order valence-electron chi connectivity index (χ0n) is 10.3. The number of nitrogens with one attached hydrogen (secondary N) is 1. The van der Waals surface area contributed by atoms with Crippen molar-refractivity contribution in [1.29, 1.82) is 0 Å². The van der Waals surface area contributed by atoms with Crippen LogP contribution in [0.3, 0.4) is 0 Å². The molecule has 0 bridgehead atoms. The third-order valence-corrected chi connectivity index (χ3v) is 2.98. The fourth-order valence-electron chi connectivity index (χ4n) is 1.34. The molecule has 1 aromatic carbocycles. The lowest BCUT2D eigenvalue weighted by Gasteiger charge is -2.10. The van der Waals surface area contributed by atoms with Crippen LogP contribution < -0.4 is 10.1 Å². The highest BCUT2D eigenvalue weighted by atomic mass is 79.9. The Hall–Kier alpha value is -0.610. The van der Waals surface area contributed by atoms with Crippen LogP contribution in [0, 0.1) is 11.7 Å². The van der Waals surface area contributed by atoms with Gasteiger partial charge in [-0.25, -0.2) is 4.39 Å². The van der Waals surface area contributed by atoms with Gasteiger partial charge in [0.2, 0.25) is 0 Å². The van der Waals surface area contributed by atoms with Gasteiger partial charge in [-0.3, -0.25) is 0 Å². The summed E-state index contributed by atoms with van der Waals surface area (Å²) in [6.45, 7) is 6.70. The van der Waals surface area contributed by atoms with Crippen LogP contribution >= 0.6 is 15.9 Å². The first-order valence-corrected chi connectivity index (χ1v) is 6.67. The van der Waals surface area contributed by atoms with E-state index < -0.39 is 0 Å². The molecule has 2 nitrogen and oxygen atoms in total. The average Bonchev–Trinajstić information content (AvgIpc) is 2.27. The lowest BCUT2D eigenvalue weighted by atomic mass is 10.1. The van der Waals surface area contributed by atoms with E-state index in [4.69, 9.17) is 4.74 Å². The molecular formula is C13H19BrFNO. The maximum absolute atomic E-state index is 12.9. The lowest BCUT2D eigenvalue weighted by molar-refractivity contribution is 0.309. The van der Waals surface area contributed by atoms with E-state index in [1.54, 1.807) is 6.07 Å². The van der Waals surface area contributed by atoms with Crippen LogP contribution in [0.15, 0.2) is 22.7 Å². The third-order valence-electron chi connectivity index (χ3n) is 2.33. The van der Waals surface area contributed by atoms with Gasteiger partial charge in [0.05, 0.1) is 4.47 Å².